The molecule has 1 aromatic rings. The van der Waals surface area contributed by atoms with Crippen LogP contribution in [0.25, 0.3) is 0 Å². The molecule has 0 unspecified atom stereocenters. The van der Waals surface area contributed by atoms with Gasteiger partial charge >= 0.3 is 6.18 Å². The largest absolute Gasteiger partial charge is 0.412 e. The maximum absolute atomic E-state index is 12.5. The van der Waals surface area contributed by atoms with E-state index in [0.29, 0.717) is 18.9 Å². The molecule has 1 aliphatic rings. The van der Waals surface area contributed by atoms with Gasteiger partial charge in [0.15, 0.2) is 0 Å². The van der Waals surface area contributed by atoms with Crippen LogP contribution in [0.3, 0.4) is 0 Å². The molecule has 2 rings (SSSR count). The van der Waals surface area contributed by atoms with Crippen molar-refractivity contribution in [2.75, 3.05) is 18.0 Å². The zero-order valence-corrected chi connectivity index (χ0v) is 11.6. The Balaban J connectivity index is 2.20. The molecular weight excluding hydrogens is 323 g/mol. The lowest BCUT2D eigenvalue weighted by Crippen LogP contribution is -2.33. The quantitative estimate of drug-likeness (QED) is 0.845. The van der Waals surface area contributed by atoms with Crippen molar-refractivity contribution >= 4 is 21.7 Å². The molecule has 0 bridgehead atoms. The van der Waals surface area contributed by atoms with E-state index in [1.807, 2.05) is 11.0 Å². The Morgan fingerprint density at radius 3 is 2.68 bits per heavy atom. The Morgan fingerprint density at radius 1 is 1.42 bits per heavy atom. The first kappa shape index (κ1) is 14.3. The molecule has 0 amide bonds. The second kappa shape index (κ2) is 5.50. The van der Waals surface area contributed by atoms with Crippen LogP contribution in [-0.2, 0) is 6.54 Å². The maximum atomic E-state index is 12.5. The molecule has 1 aromatic heterocycles. The summed E-state index contributed by atoms with van der Waals surface area (Å²) in [5.41, 5.74) is 5.99. The van der Waals surface area contributed by atoms with E-state index in [1.165, 1.54) is 6.08 Å². The fourth-order valence-electron chi connectivity index (χ4n) is 2.03. The lowest BCUT2D eigenvalue weighted by Gasteiger charge is -2.29. The van der Waals surface area contributed by atoms with Gasteiger partial charge in [0.05, 0.1) is 0 Å². The molecule has 2 heterocycles. The Bertz CT molecular complexity index is 499. The van der Waals surface area contributed by atoms with Gasteiger partial charge in [-0.05, 0) is 28.4 Å². The number of nitrogens with two attached hydrogens (primary N) is 1. The summed E-state index contributed by atoms with van der Waals surface area (Å²) < 4.78 is 38.4. The van der Waals surface area contributed by atoms with Crippen molar-refractivity contribution in [1.29, 1.82) is 0 Å². The van der Waals surface area contributed by atoms with Gasteiger partial charge in [0.1, 0.15) is 5.82 Å². The molecule has 0 radical (unpaired) electrons. The topological polar surface area (TPSA) is 42.1 Å². The fraction of sp³-hybridized carbons (Fsp3) is 0.417. The lowest BCUT2D eigenvalue weighted by molar-refractivity contribution is -0.0944. The van der Waals surface area contributed by atoms with E-state index >= 15 is 0 Å². The highest BCUT2D eigenvalue weighted by Gasteiger charge is 2.35. The van der Waals surface area contributed by atoms with Crippen molar-refractivity contribution < 1.29 is 13.2 Å². The monoisotopic (exact) mass is 335 g/mol. The van der Waals surface area contributed by atoms with Crippen LogP contribution in [0.2, 0.25) is 0 Å². The molecule has 2 N–H and O–H groups in total. The summed E-state index contributed by atoms with van der Waals surface area (Å²) in [5, 5.41) is 0. The summed E-state index contributed by atoms with van der Waals surface area (Å²) in [6, 6.07) is 1.84. The number of halogens is 4. The van der Waals surface area contributed by atoms with Gasteiger partial charge in [-0.25, -0.2) is 4.98 Å². The van der Waals surface area contributed by atoms with Crippen molar-refractivity contribution in [3.05, 3.63) is 33.9 Å². The molecule has 104 valence electrons. The normalized spacial score (nSPS) is 16.5. The van der Waals surface area contributed by atoms with Crippen molar-refractivity contribution in [1.82, 2.24) is 4.98 Å². The van der Waals surface area contributed by atoms with Crippen LogP contribution in [0.4, 0.5) is 19.0 Å². The minimum absolute atomic E-state index is 0.0226. The van der Waals surface area contributed by atoms with Crippen LogP contribution in [0.5, 0.6) is 0 Å². The molecule has 0 saturated carbocycles. The highest BCUT2D eigenvalue weighted by atomic mass is 79.9. The molecule has 0 aromatic carbocycles. The Labute approximate surface area is 117 Å². The van der Waals surface area contributed by atoms with Gasteiger partial charge in [0.2, 0.25) is 0 Å². The van der Waals surface area contributed by atoms with Crippen LogP contribution in [-0.4, -0.2) is 24.2 Å². The minimum Gasteiger partial charge on any atom is -0.352 e. The molecule has 3 nitrogen and oxygen atoms in total. The van der Waals surface area contributed by atoms with Gasteiger partial charge in [-0.3, -0.25) is 0 Å². The zero-order chi connectivity index (χ0) is 14.0. The average molecular weight is 336 g/mol. The molecule has 19 heavy (non-hydrogen) atoms. The van der Waals surface area contributed by atoms with Gasteiger partial charge in [-0.15, -0.1) is 0 Å². The van der Waals surface area contributed by atoms with E-state index in [4.69, 9.17) is 5.73 Å². The SMILES string of the molecule is NCc1cc(Br)cnc1N1CC=C(C(F)(F)F)CC1. The number of nitrogens with zero attached hydrogens (tertiary/aromatic N) is 2. The first-order valence-corrected chi connectivity index (χ1v) is 6.57. The van der Waals surface area contributed by atoms with Crippen molar-refractivity contribution in [3.8, 4) is 0 Å². The minimum atomic E-state index is -4.23. The van der Waals surface area contributed by atoms with Crippen LogP contribution in [0.15, 0.2) is 28.4 Å². The molecule has 1 aliphatic heterocycles. The van der Waals surface area contributed by atoms with Gasteiger partial charge in [0.25, 0.3) is 0 Å². The second-order valence-electron chi connectivity index (χ2n) is 4.26. The summed E-state index contributed by atoms with van der Waals surface area (Å²) in [5.74, 6) is 0.656. The van der Waals surface area contributed by atoms with Crippen molar-refractivity contribution in [2.45, 2.75) is 19.1 Å². The van der Waals surface area contributed by atoms with E-state index in [0.717, 1.165) is 10.0 Å². The molecule has 0 spiro atoms. The van der Waals surface area contributed by atoms with Crippen LogP contribution < -0.4 is 10.6 Å². The number of pyridine rings is 1. The maximum Gasteiger partial charge on any atom is 0.412 e. The number of rotatable bonds is 2. The summed E-state index contributed by atoms with van der Waals surface area (Å²) in [6.07, 6.45) is -1.41. The third-order valence-corrected chi connectivity index (χ3v) is 3.44. The number of aromatic nitrogens is 1. The Kier molecular flexibility index (Phi) is 4.15. The summed E-state index contributed by atoms with van der Waals surface area (Å²) in [4.78, 5) is 6.06. The van der Waals surface area contributed by atoms with Crippen LogP contribution in [0, 0.1) is 0 Å². The van der Waals surface area contributed by atoms with Gasteiger partial charge in [0, 0.05) is 41.4 Å². The second-order valence-corrected chi connectivity index (χ2v) is 5.18. The molecule has 0 atom stereocenters. The third-order valence-electron chi connectivity index (χ3n) is 3.00. The van der Waals surface area contributed by atoms with E-state index in [1.54, 1.807) is 6.20 Å². The number of hydrogen-bond donors (Lipinski definition) is 1. The summed E-state index contributed by atoms with van der Waals surface area (Å²) in [7, 11) is 0. The predicted octanol–water partition coefficient (Wildman–Crippen LogP) is 3.00. The number of hydrogen-bond acceptors (Lipinski definition) is 3. The molecule has 0 aliphatic carbocycles. The summed E-state index contributed by atoms with van der Waals surface area (Å²) in [6.45, 7) is 0.803. The summed E-state index contributed by atoms with van der Waals surface area (Å²) >= 11 is 3.30. The molecular formula is C12H13BrF3N3. The van der Waals surface area contributed by atoms with E-state index in [2.05, 4.69) is 20.9 Å². The average Bonchev–Trinajstić information content (AvgIpc) is 2.37. The lowest BCUT2D eigenvalue weighted by atomic mass is 10.1. The first-order valence-electron chi connectivity index (χ1n) is 5.77. The van der Waals surface area contributed by atoms with E-state index < -0.39 is 11.7 Å². The fourth-order valence-corrected chi connectivity index (χ4v) is 2.41. The highest BCUT2D eigenvalue weighted by Crippen LogP contribution is 2.32. The van der Waals surface area contributed by atoms with Crippen molar-refractivity contribution in [3.63, 3.8) is 0 Å². The zero-order valence-electron chi connectivity index (χ0n) is 10.0. The molecule has 0 fully saturated rings. The van der Waals surface area contributed by atoms with Gasteiger partial charge in [-0.1, -0.05) is 6.08 Å². The smallest absolute Gasteiger partial charge is 0.352 e. The predicted molar refractivity (Wildman–Crippen MR) is 70.8 cm³/mol. The standard InChI is InChI=1S/C12H13BrF3N3/c13-10-5-8(6-17)11(18-7-10)19-3-1-9(2-4-19)12(14,15)16/h1,5,7H,2-4,6,17H2. The van der Waals surface area contributed by atoms with E-state index in [-0.39, 0.29) is 13.0 Å². The number of alkyl halides is 3. The van der Waals surface area contributed by atoms with E-state index in [9.17, 15) is 13.2 Å². The van der Waals surface area contributed by atoms with Crippen LogP contribution in [0.1, 0.15) is 12.0 Å². The van der Waals surface area contributed by atoms with Gasteiger partial charge < -0.3 is 10.6 Å². The van der Waals surface area contributed by atoms with Crippen LogP contribution >= 0.6 is 15.9 Å². The van der Waals surface area contributed by atoms with Crippen molar-refractivity contribution in [2.24, 2.45) is 5.73 Å². The van der Waals surface area contributed by atoms with Gasteiger partial charge in [-0.2, -0.15) is 13.2 Å². The Hall–Kier alpha value is -1.08. The molecule has 7 heteroatoms. The Morgan fingerprint density at radius 2 is 2.16 bits per heavy atom. The first-order chi connectivity index (χ1) is 8.91. The highest BCUT2D eigenvalue weighted by molar-refractivity contribution is 9.10. The number of anilines is 1. The molecule has 0 saturated heterocycles. The third kappa shape index (κ3) is 3.27.